The lowest BCUT2D eigenvalue weighted by molar-refractivity contribution is -0.111. The molecule has 0 radical (unpaired) electrons. The Labute approximate surface area is 116 Å². The molecule has 1 rings (SSSR count). The molecule has 0 spiro atoms. The average Bonchev–Trinajstić information content (AvgIpc) is 2.18. The van der Waals surface area contributed by atoms with Gasteiger partial charge < -0.3 is 14.4 Å². The summed E-state index contributed by atoms with van der Waals surface area (Å²) in [6.07, 6.45) is 1.99. The average molecular weight is 269 g/mol. The highest BCUT2D eigenvalue weighted by molar-refractivity contribution is 5.69. The van der Waals surface area contributed by atoms with Crippen molar-refractivity contribution >= 4 is 12.4 Å². The number of hydrogen-bond donors (Lipinski definition) is 0. The number of nitrogens with zero attached hydrogens (tertiary/aromatic N) is 1. The molecule has 2 atom stereocenters. The van der Waals surface area contributed by atoms with Crippen LogP contribution < -0.4 is 0 Å². The molecule has 0 saturated carbocycles. The molecule has 4 heteroatoms. The summed E-state index contributed by atoms with van der Waals surface area (Å²) in [5.74, 6) is 0.422. The van der Waals surface area contributed by atoms with Gasteiger partial charge in [0.15, 0.2) is 0 Å². The molecular formula is C15H27NO3. The van der Waals surface area contributed by atoms with E-state index in [1.807, 2.05) is 20.8 Å². The summed E-state index contributed by atoms with van der Waals surface area (Å²) in [6, 6.07) is -0.0731. The maximum atomic E-state index is 12.3. The summed E-state index contributed by atoms with van der Waals surface area (Å²) in [5, 5.41) is 0. The third-order valence-corrected chi connectivity index (χ3v) is 3.61. The summed E-state index contributed by atoms with van der Waals surface area (Å²) in [5.41, 5.74) is -0.566. The van der Waals surface area contributed by atoms with Crippen LogP contribution in [0.15, 0.2) is 0 Å². The van der Waals surface area contributed by atoms with E-state index < -0.39 is 5.60 Å². The number of ether oxygens (including phenoxy) is 1. The summed E-state index contributed by atoms with van der Waals surface area (Å²) in [6.45, 7) is 12.6. The Morgan fingerprint density at radius 2 is 2.00 bits per heavy atom. The second-order valence-corrected chi connectivity index (χ2v) is 7.35. The third-order valence-electron chi connectivity index (χ3n) is 3.61. The predicted octanol–water partition coefficient (Wildman–Crippen LogP) is 3.25. The van der Waals surface area contributed by atoms with Gasteiger partial charge in [-0.2, -0.15) is 0 Å². The Balaban J connectivity index is 2.93. The van der Waals surface area contributed by atoms with Crippen molar-refractivity contribution < 1.29 is 14.3 Å². The van der Waals surface area contributed by atoms with Gasteiger partial charge in [-0.25, -0.2) is 4.79 Å². The van der Waals surface area contributed by atoms with Crippen molar-refractivity contribution in [2.24, 2.45) is 11.3 Å². The quantitative estimate of drug-likeness (QED) is 0.723. The van der Waals surface area contributed by atoms with Gasteiger partial charge in [-0.15, -0.1) is 0 Å². The van der Waals surface area contributed by atoms with Crippen LogP contribution in [0, 0.1) is 11.3 Å². The van der Waals surface area contributed by atoms with Crippen LogP contribution in [-0.4, -0.2) is 35.5 Å². The maximum Gasteiger partial charge on any atom is 0.410 e. The van der Waals surface area contributed by atoms with Crippen LogP contribution in [0.3, 0.4) is 0 Å². The minimum atomic E-state index is -0.506. The van der Waals surface area contributed by atoms with Crippen LogP contribution in [0.5, 0.6) is 0 Å². The number of amides is 1. The molecule has 0 aromatic heterocycles. The fraction of sp³-hybridized carbons (Fsp3) is 0.867. The molecule has 4 nitrogen and oxygen atoms in total. The number of likely N-dealkylation sites (tertiary alicyclic amines) is 1. The molecule has 2 unspecified atom stereocenters. The first-order chi connectivity index (χ1) is 8.57. The number of piperidine rings is 1. The predicted molar refractivity (Wildman–Crippen MR) is 75.0 cm³/mol. The highest BCUT2D eigenvalue weighted by Gasteiger charge is 2.43. The molecular weight excluding hydrogens is 242 g/mol. The second kappa shape index (κ2) is 5.51. The van der Waals surface area contributed by atoms with E-state index in [2.05, 4.69) is 20.8 Å². The number of rotatable bonds is 2. The van der Waals surface area contributed by atoms with Crippen LogP contribution in [0.2, 0.25) is 0 Å². The Morgan fingerprint density at radius 3 is 2.47 bits per heavy atom. The van der Waals surface area contributed by atoms with Crippen molar-refractivity contribution in [1.82, 2.24) is 4.90 Å². The van der Waals surface area contributed by atoms with Gasteiger partial charge in [-0.3, -0.25) is 0 Å². The Morgan fingerprint density at radius 1 is 1.42 bits per heavy atom. The molecule has 0 N–H and O–H groups in total. The van der Waals surface area contributed by atoms with E-state index in [1.54, 1.807) is 4.90 Å². The highest BCUT2D eigenvalue weighted by Crippen LogP contribution is 2.39. The molecule has 1 heterocycles. The number of aldehydes is 1. The van der Waals surface area contributed by atoms with Crippen molar-refractivity contribution in [3.05, 3.63) is 0 Å². The molecule has 1 aliphatic rings. The van der Waals surface area contributed by atoms with Crippen molar-refractivity contribution in [1.29, 1.82) is 0 Å². The first-order valence-electron chi connectivity index (χ1n) is 7.00. The van der Waals surface area contributed by atoms with Crippen molar-refractivity contribution in [2.45, 2.75) is 66.0 Å². The Kier molecular flexibility index (Phi) is 4.64. The van der Waals surface area contributed by atoms with Crippen molar-refractivity contribution in [3.8, 4) is 0 Å². The molecule has 0 bridgehead atoms. The fourth-order valence-corrected chi connectivity index (χ4v) is 3.04. The SMILES string of the molecule is CC1CN(C(=O)OC(C)(C)C)C(CC=O)C(C)(C)C1. The molecule has 0 aliphatic carbocycles. The van der Waals surface area contributed by atoms with Crippen LogP contribution in [-0.2, 0) is 9.53 Å². The topological polar surface area (TPSA) is 46.6 Å². The van der Waals surface area contributed by atoms with Gasteiger partial charge in [0.25, 0.3) is 0 Å². The first-order valence-corrected chi connectivity index (χ1v) is 7.00. The lowest BCUT2D eigenvalue weighted by Crippen LogP contribution is -2.55. The monoisotopic (exact) mass is 269 g/mol. The van der Waals surface area contributed by atoms with Crippen molar-refractivity contribution in [3.63, 3.8) is 0 Å². The maximum absolute atomic E-state index is 12.3. The fourth-order valence-electron chi connectivity index (χ4n) is 3.04. The van der Waals surface area contributed by atoms with E-state index >= 15 is 0 Å². The summed E-state index contributed by atoms with van der Waals surface area (Å²) < 4.78 is 5.47. The standard InChI is InChI=1S/C15H27NO3/c1-11-9-15(5,6)12(7-8-17)16(10-11)13(18)19-14(2,3)4/h8,11-12H,7,9-10H2,1-6H3. The van der Waals surface area contributed by atoms with E-state index in [-0.39, 0.29) is 17.6 Å². The van der Waals surface area contributed by atoms with Gasteiger partial charge in [-0.1, -0.05) is 20.8 Å². The van der Waals surface area contributed by atoms with Crippen molar-refractivity contribution in [2.75, 3.05) is 6.54 Å². The molecule has 1 aliphatic heterocycles. The summed E-state index contributed by atoms with van der Waals surface area (Å²) >= 11 is 0. The van der Waals surface area contributed by atoms with Gasteiger partial charge in [0.1, 0.15) is 11.9 Å². The largest absolute Gasteiger partial charge is 0.444 e. The molecule has 0 aromatic rings. The molecule has 1 saturated heterocycles. The minimum Gasteiger partial charge on any atom is -0.444 e. The number of carbonyl (C=O) groups is 2. The van der Waals surface area contributed by atoms with E-state index in [0.717, 1.165) is 12.7 Å². The third kappa shape index (κ3) is 4.22. The zero-order valence-electron chi connectivity index (χ0n) is 13.0. The molecule has 19 heavy (non-hydrogen) atoms. The van der Waals surface area contributed by atoms with Gasteiger partial charge in [0.2, 0.25) is 0 Å². The summed E-state index contributed by atoms with van der Waals surface area (Å²) in [7, 11) is 0. The van der Waals surface area contributed by atoms with E-state index in [0.29, 0.717) is 18.9 Å². The lowest BCUT2D eigenvalue weighted by atomic mass is 9.72. The number of carbonyl (C=O) groups excluding carboxylic acids is 2. The van der Waals surface area contributed by atoms with Crippen LogP contribution in [0.4, 0.5) is 4.79 Å². The zero-order valence-corrected chi connectivity index (χ0v) is 13.0. The zero-order chi connectivity index (χ0) is 14.8. The molecule has 110 valence electrons. The first kappa shape index (κ1) is 16.0. The van der Waals surface area contributed by atoms with Crippen LogP contribution in [0.1, 0.15) is 54.4 Å². The van der Waals surface area contributed by atoms with E-state index in [9.17, 15) is 9.59 Å². The minimum absolute atomic E-state index is 0.0600. The highest BCUT2D eigenvalue weighted by atomic mass is 16.6. The molecule has 1 fully saturated rings. The Hall–Kier alpha value is -1.06. The molecule has 0 aromatic carbocycles. The lowest BCUT2D eigenvalue weighted by Gasteiger charge is -2.48. The van der Waals surface area contributed by atoms with Crippen LogP contribution >= 0.6 is 0 Å². The van der Waals surface area contributed by atoms with Gasteiger partial charge in [0, 0.05) is 19.0 Å². The van der Waals surface area contributed by atoms with Crippen LogP contribution in [0.25, 0.3) is 0 Å². The van der Waals surface area contributed by atoms with Gasteiger partial charge in [0.05, 0.1) is 0 Å². The normalized spacial score (nSPS) is 26.9. The summed E-state index contributed by atoms with van der Waals surface area (Å²) in [4.78, 5) is 25.0. The second-order valence-electron chi connectivity index (χ2n) is 7.35. The number of hydrogen-bond acceptors (Lipinski definition) is 3. The van der Waals surface area contributed by atoms with E-state index in [1.165, 1.54) is 0 Å². The van der Waals surface area contributed by atoms with Gasteiger partial charge >= 0.3 is 6.09 Å². The van der Waals surface area contributed by atoms with Gasteiger partial charge in [-0.05, 0) is 38.5 Å². The van der Waals surface area contributed by atoms with E-state index in [4.69, 9.17) is 4.74 Å². The smallest absolute Gasteiger partial charge is 0.410 e. The molecule has 1 amide bonds. The Bertz CT molecular complexity index is 344.